The molecule has 0 aromatic heterocycles. The molecular formula is C41H58O12. The molecule has 0 amide bonds. The molecule has 0 aliphatic carbocycles. The van der Waals surface area contributed by atoms with Crippen LogP contribution in [0, 0.1) is 5.41 Å². The van der Waals surface area contributed by atoms with Crippen molar-refractivity contribution in [1.29, 1.82) is 0 Å². The van der Waals surface area contributed by atoms with Gasteiger partial charge >= 0.3 is 23.9 Å². The quantitative estimate of drug-likeness (QED) is 0.0316. The Morgan fingerprint density at radius 1 is 0.698 bits per heavy atom. The smallest absolute Gasteiger partial charge is 0.346 e. The molecule has 0 bridgehead atoms. The number of fused-ring (bicyclic) bond motifs is 1. The highest BCUT2D eigenvalue weighted by molar-refractivity contribution is 6.14. The Morgan fingerprint density at radius 3 is 1.72 bits per heavy atom. The number of unbranched alkanes of at least 4 members (excludes halogenated alkanes) is 8. The van der Waals surface area contributed by atoms with Crippen molar-refractivity contribution in [2.24, 2.45) is 5.41 Å². The summed E-state index contributed by atoms with van der Waals surface area (Å²) in [6.45, 7) is 0.0681. The highest BCUT2D eigenvalue weighted by atomic mass is 16.6. The summed E-state index contributed by atoms with van der Waals surface area (Å²) in [5.74, 6) is -1.97. The maximum atomic E-state index is 12.0. The van der Waals surface area contributed by atoms with Crippen molar-refractivity contribution < 1.29 is 58.9 Å². The summed E-state index contributed by atoms with van der Waals surface area (Å²) in [6, 6.07) is 15.1. The number of esters is 4. The number of ether oxygens (including phenoxy) is 3. The normalized spacial score (nSPS) is 12.7. The van der Waals surface area contributed by atoms with Gasteiger partial charge in [-0.2, -0.15) is 0 Å². The molecule has 1 aliphatic rings. The number of cyclic esters (lactones) is 2. The van der Waals surface area contributed by atoms with Crippen LogP contribution in [0.15, 0.2) is 78.9 Å². The van der Waals surface area contributed by atoms with E-state index in [1.807, 2.05) is 6.07 Å². The molecule has 0 spiro atoms. The van der Waals surface area contributed by atoms with Crippen LogP contribution in [-0.4, -0.2) is 95.2 Å². The lowest BCUT2D eigenvalue weighted by atomic mass is 9.93. The zero-order chi connectivity index (χ0) is 39.2. The Kier molecular flexibility index (Phi) is 25.9. The second kappa shape index (κ2) is 29.3. The van der Waals surface area contributed by atoms with Gasteiger partial charge in [0.2, 0.25) is 0 Å². The van der Waals surface area contributed by atoms with E-state index in [0.717, 1.165) is 38.5 Å². The first kappa shape index (κ1) is 46.8. The Balaban J connectivity index is 0.000000561. The minimum Gasteiger partial charge on any atom is -0.458 e. The van der Waals surface area contributed by atoms with E-state index in [2.05, 4.69) is 36.0 Å². The van der Waals surface area contributed by atoms with E-state index in [9.17, 15) is 24.3 Å². The van der Waals surface area contributed by atoms with Crippen LogP contribution >= 0.6 is 0 Å². The first-order chi connectivity index (χ1) is 25.7. The van der Waals surface area contributed by atoms with Gasteiger partial charge in [-0.25, -0.2) is 14.4 Å². The number of allylic oxidation sites excluding steroid dienone is 4. The average molecular weight is 743 g/mol. The summed E-state index contributed by atoms with van der Waals surface area (Å²) in [5.41, 5.74) is 0.0284. The number of carbonyl (C=O) groups is 4. The van der Waals surface area contributed by atoms with Gasteiger partial charge in [0.15, 0.2) is 6.10 Å². The van der Waals surface area contributed by atoms with Crippen molar-refractivity contribution in [3.8, 4) is 0 Å². The van der Waals surface area contributed by atoms with Crippen molar-refractivity contribution in [3.05, 3.63) is 95.6 Å². The van der Waals surface area contributed by atoms with Crippen LogP contribution in [0.2, 0.25) is 0 Å². The topological polar surface area (TPSA) is 197 Å². The van der Waals surface area contributed by atoms with E-state index >= 15 is 0 Å². The predicted molar refractivity (Wildman–Crippen MR) is 200 cm³/mol. The zero-order valence-electron chi connectivity index (χ0n) is 30.9. The van der Waals surface area contributed by atoms with Gasteiger partial charge in [0.1, 0.15) is 6.61 Å². The van der Waals surface area contributed by atoms with Gasteiger partial charge in [-0.05, 0) is 62.8 Å². The van der Waals surface area contributed by atoms with Crippen LogP contribution in [0.3, 0.4) is 0 Å². The molecule has 0 saturated carbocycles. The van der Waals surface area contributed by atoms with E-state index in [0.29, 0.717) is 23.1 Å². The summed E-state index contributed by atoms with van der Waals surface area (Å²) in [6.07, 6.45) is 20.9. The fourth-order valence-electron chi connectivity index (χ4n) is 4.61. The maximum absolute atomic E-state index is 12.0. The van der Waals surface area contributed by atoms with E-state index in [1.54, 1.807) is 48.5 Å². The lowest BCUT2D eigenvalue weighted by Crippen LogP contribution is -2.37. The van der Waals surface area contributed by atoms with Crippen LogP contribution in [-0.2, 0) is 19.0 Å². The van der Waals surface area contributed by atoms with E-state index in [4.69, 9.17) is 29.9 Å². The summed E-state index contributed by atoms with van der Waals surface area (Å²) >= 11 is 0. The third-order valence-electron chi connectivity index (χ3n) is 8.14. The highest BCUT2D eigenvalue weighted by Gasteiger charge is 2.28. The number of carbonyl (C=O) groups excluding carboxylic acids is 4. The minimum atomic E-state index is -1.11. The summed E-state index contributed by atoms with van der Waals surface area (Å²) < 4.78 is 14.7. The molecule has 2 aromatic carbocycles. The van der Waals surface area contributed by atoms with Crippen LogP contribution in [0.5, 0.6) is 0 Å². The summed E-state index contributed by atoms with van der Waals surface area (Å²) in [4.78, 5) is 45.6. The lowest BCUT2D eigenvalue weighted by molar-refractivity contribution is -0.153. The summed E-state index contributed by atoms with van der Waals surface area (Å²) in [5, 5.41) is 43.4. The standard InChI is InChI=1S/C28H42O5.C8H4O3.C5H12O4/c1-2-3-4-5-6-7-8-9-10-11-12-13-14-15-19-22-27(30)33-26(23-29)24-32-28(31)25-20-17-16-18-21-25;9-7-5-3-1-2-4-6(5)8(10)11-7;6-1-5(2-7,3-8)4-9/h6-7,9-10,16-18,20-21,26,29H,2-5,8,11-15,19,22-24H2,1H3;1-4H;6-9H,1-4H2/b7-6-,10-9-;;. The Labute approximate surface area is 313 Å². The third-order valence-corrected chi connectivity index (χ3v) is 8.14. The zero-order valence-corrected chi connectivity index (χ0v) is 30.9. The molecule has 1 unspecified atom stereocenters. The first-order valence-electron chi connectivity index (χ1n) is 18.3. The molecule has 0 radical (unpaired) electrons. The van der Waals surface area contributed by atoms with Gasteiger partial charge < -0.3 is 39.7 Å². The molecule has 2 aromatic rings. The van der Waals surface area contributed by atoms with Crippen molar-refractivity contribution in [2.75, 3.05) is 39.6 Å². The fraction of sp³-hybridized carbons (Fsp3) is 0.512. The van der Waals surface area contributed by atoms with Gasteiger partial charge in [-0.1, -0.05) is 93.7 Å². The molecule has 5 N–H and O–H groups in total. The lowest BCUT2D eigenvalue weighted by Gasteiger charge is -2.23. The Hall–Kier alpha value is -4.20. The number of benzene rings is 2. The third kappa shape index (κ3) is 20.0. The van der Waals surface area contributed by atoms with Crippen LogP contribution in [0.1, 0.15) is 115 Å². The molecule has 294 valence electrons. The van der Waals surface area contributed by atoms with Gasteiger partial charge in [0.25, 0.3) is 0 Å². The minimum absolute atomic E-state index is 0.155. The Morgan fingerprint density at radius 2 is 1.21 bits per heavy atom. The predicted octanol–water partition coefficient (Wildman–Crippen LogP) is 5.50. The monoisotopic (exact) mass is 742 g/mol. The second-order valence-corrected chi connectivity index (χ2v) is 12.6. The fourth-order valence-corrected chi connectivity index (χ4v) is 4.61. The van der Waals surface area contributed by atoms with Gasteiger partial charge in [-0.15, -0.1) is 0 Å². The molecule has 12 heteroatoms. The second-order valence-electron chi connectivity index (χ2n) is 12.6. The highest BCUT2D eigenvalue weighted by Crippen LogP contribution is 2.18. The molecule has 0 saturated heterocycles. The number of aliphatic hydroxyl groups is 5. The number of hydrogen-bond donors (Lipinski definition) is 5. The van der Waals surface area contributed by atoms with Crippen molar-refractivity contribution in [3.63, 3.8) is 0 Å². The SMILES string of the molecule is CCCCC/C=C\C/C=C\CCCCCCCC(=O)OC(CO)COC(=O)c1ccccc1.O=C1OC(=O)c2ccccc21.OCC(CO)(CO)CO. The maximum Gasteiger partial charge on any atom is 0.346 e. The van der Waals surface area contributed by atoms with Crippen molar-refractivity contribution >= 4 is 23.9 Å². The van der Waals surface area contributed by atoms with Gasteiger partial charge in [-0.3, -0.25) is 4.79 Å². The molecule has 53 heavy (non-hydrogen) atoms. The molecule has 12 nitrogen and oxygen atoms in total. The van der Waals surface area contributed by atoms with E-state index < -0.39 is 55.9 Å². The molecule has 1 aliphatic heterocycles. The van der Waals surface area contributed by atoms with Crippen LogP contribution in [0.4, 0.5) is 0 Å². The molecule has 3 rings (SSSR count). The van der Waals surface area contributed by atoms with E-state index in [-0.39, 0.29) is 19.2 Å². The Bertz CT molecular complexity index is 1320. The van der Waals surface area contributed by atoms with Gasteiger partial charge in [0.05, 0.1) is 55.1 Å². The molecule has 1 atom stereocenters. The van der Waals surface area contributed by atoms with Crippen LogP contribution < -0.4 is 0 Å². The molecule has 0 fully saturated rings. The molecule has 1 heterocycles. The first-order valence-corrected chi connectivity index (χ1v) is 18.3. The van der Waals surface area contributed by atoms with Gasteiger partial charge in [0, 0.05) is 6.42 Å². The largest absolute Gasteiger partial charge is 0.458 e. The molecular weight excluding hydrogens is 684 g/mol. The number of rotatable bonds is 23. The van der Waals surface area contributed by atoms with E-state index in [1.165, 1.54) is 32.1 Å². The van der Waals surface area contributed by atoms with Crippen LogP contribution in [0.25, 0.3) is 0 Å². The average Bonchev–Trinajstić information content (AvgIpc) is 3.49. The van der Waals surface area contributed by atoms with Crippen molar-refractivity contribution in [1.82, 2.24) is 0 Å². The van der Waals surface area contributed by atoms with Crippen molar-refractivity contribution in [2.45, 2.75) is 90.1 Å². The number of aliphatic hydroxyl groups excluding tert-OH is 5. The summed E-state index contributed by atoms with van der Waals surface area (Å²) in [7, 11) is 0. The number of hydrogen-bond acceptors (Lipinski definition) is 12.